The number of hydrogen-bond donors (Lipinski definition) is 2. The number of carboxylic acids is 1. The van der Waals surface area contributed by atoms with E-state index < -0.39 is 5.97 Å². The molecule has 8 heteroatoms. The molecule has 5 nitrogen and oxygen atoms in total. The molecule has 3 aromatic rings. The molecule has 0 aliphatic heterocycles. The monoisotopic (exact) mass is 537 g/mol. The van der Waals surface area contributed by atoms with Gasteiger partial charge in [0.2, 0.25) is 0 Å². The number of benzene rings is 3. The third kappa shape index (κ3) is 6.09. The molecule has 3 rings (SSSR count). The molecular weight excluding hydrogens is 517 g/mol. The Hall–Kier alpha value is -2.41. The van der Waals surface area contributed by atoms with Gasteiger partial charge in [-0.25, -0.2) is 4.79 Å². The summed E-state index contributed by atoms with van der Waals surface area (Å²) in [5.41, 5.74) is 3.79. The van der Waals surface area contributed by atoms with Crippen LogP contribution in [-0.2, 0) is 13.2 Å². The molecule has 0 bridgehead atoms. The average Bonchev–Trinajstić information content (AvgIpc) is 2.75. The fourth-order valence-corrected chi connectivity index (χ4v) is 3.98. The van der Waals surface area contributed by atoms with Crippen molar-refractivity contribution in [2.75, 3.05) is 11.9 Å². The standard InChI is InChI=1S/C24H22BrCl2NO4/c1-3-31-22-10-16(12-28-21-11-17(24(29)30)6-4-14(21)2)8-18(25)23(22)32-13-15-5-7-19(26)20(27)9-15/h4-11,28H,3,12-13H2,1-2H3,(H,29,30). The summed E-state index contributed by atoms with van der Waals surface area (Å²) in [6.45, 7) is 5.09. The van der Waals surface area contributed by atoms with Crippen molar-refractivity contribution in [3.8, 4) is 11.5 Å². The van der Waals surface area contributed by atoms with Crippen LogP contribution in [0.4, 0.5) is 5.69 Å². The quantitative estimate of drug-likeness (QED) is 0.298. The molecule has 2 N–H and O–H groups in total. The average molecular weight is 539 g/mol. The van der Waals surface area contributed by atoms with Crippen LogP contribution >= 0.6 is 39.1 Å². The fraction of sp³-hybridized carbons (Fsp3) is 0.208. The van der Waals surface area contributed by atoms with Crippen molar-refractivity contribution in [2.24, 2.45) is 0 Å². The summed E-state index contributed by atoms with van der Waals surface area (Å²) in [7, 11) is 0. The highest BCUT2D eigenvalue weighted by molar-refractivity contribution is 9.10. The van der Waals surface area contributed by atoms with Crippen LogP contribution in [-0.4, -0.2) is 17.7 Å². The van der Waals surface area contributed by atoms with Crippen molar-refractivity contribution < 1.29 is 19.4 Å². The van der Waals surface area contributed by atoms with Crippen molar-refractivity contribution in [2.45, 2.75) is 27.0 Å². The summed E-state index contributed by atoms with van der Waals surface area (Å²) in [6.07, 6.45) is 0. The van der Waals surface area contributed by atoms with Gasteiger partial charge in [0.1, 0.15) is 6.61 Å². The van der Waals surface area contributed by atoms with Gasteiger partial charge in [-0.05, 0) is 82.9 Å². The summed E-state index contributed by atoms with van der Waals surface area (Å²) >= 11 is 15.7. The number of aryl methyl sites for hydroxylation is 1. The van der Waals surface area contributed by atoms with E-state index in [0.717, 1.165) is 26.9 Å². The van der Waals surface area contributed by atoms with Crippen LogP contribution in [0.1, 0.15) is 34.0 Å². The van der Waals surface area contributed by atoms with E-state index in [1.165, 1.54) is 0 Å². The third-order valence-corrected chi connectivity index (χ3v) is 6.03. The molecular formula is C24H22BrCl2NO4. The largest absolute Gasteiger partial charge is 0.490 e. The van der Waals surface area contributed by atoms with Gasteiger partial charge in [-0.1, -0.05) is 35.3 Å². The van der Waals surface area contributed by atoms with E-state index in [2.05, 4.69) is 21.2 Å². The smallest absolute Gasteiger partial charge is 0.335 e. The minimum atomic E-state index is -0.960. The summed E-state index contributed by atoms with van der Waals surface area (Å²) in [4.78, 5) is 11.3. The van der Waals surface area contributed by atoms with Crippen molar-refractivity contribution in [3.05, 3.63) is 85.3 Å². The first kappa shape index (κ1) is 24.2. The van der Waals surface area contributed by atoms with Gasteiger partial charge in [-0.3, -0.25) is 0 Å². The number of carbonyl (C=O) groups is 1. The SMILES string of the molecule is CCOc1cc(CNc2cc(C(=O)O)ccc2C)cc(Br)c1OCc1ccc(Cl)c(Cl)c1. The number of rotatable bonds is 9. The van der Waals surface area contributed by atoms with Crippen LogP contribution < -0.4 is 14.8 Å². The number of anilines is 1. The Balaban J connectivity index is 1.78. The zero-order valence-corrected chi connectivity index (χ0v) is 20.6. The number of hydrogen-bond acceptors (Lipinski definition) is 4. The molecule has 0 aliphatic rings. The first-order chi connectivity index (χ1) is 15.3. The molecule has 0 saturated heterocycles. The summed E-state index contributed by atoms with van der Waals surface area (Å²) in [6, 6.07) is 14.2. The lowest BCUT2D eigenvalue weighted by molar-refractivity contribution is 0.0697. The highest BCUT2D eigenvalue weighted by Gasteiger charge is 2.14. The van der Waals surface area contributed by atoms with Gasteiger partial charge in [-0.15, -0.1) is 0 Å². The molecule has 168 valence electrons. The van der Waals surface area contributed by atoms with Crippen LogP contribution in [0.3, 0.4) is 0 Å². The van der Waals surface area contributed by atoms with Gasteiger partial charge in [0.15, 0.2) is 11.5 Å². The number of aromatic carboxylic acids is 1. The minimum Gasteiger partial charge on any atom is -0.490 e. The van der Waals surface area contributed by atoms with E-state index in [9.17, 15) is 9.90 Å². The second kappa shape index (κ2) is 10.9. The predicted molar refractivity (Wildman–Crippen MR) is 132 cm³/mol. The maximum atomic E-state index is 11.3. The van der Waals surface area contributed by atoms with E-state index in [-0.39, 0.29) is 5.56 Å². The highest BCUT2D eigenvalue weighted by Crippen LogP contribution is 2.38. The Kier molecular flexibility index (Phi) is 8.29. The molecule has 32 heavy (non-hydrogen) atoms. The fourth-order valence-electron chi connectivity index (χ4n) is 3.05. The van der Waals surface area contributed by atoms with E-state index in [1.54, 1.807) is 30.3 Å². The third-order valence-electron chi connectivity index (χ3n) is 4.70. The topological polar surface area (TPSA) is 67.8 Å². The molecule has 0 fully saturated rings. The van der Waals surface area contributed by atoms with Gasteiger partial charge >= 0.3 is 5.97 Å². The lowest BCUT2D eigenvalue weighted by atomic mass is 10.1. The number of carboxylic acid groups (broad SMARTS) is 1. The first-order valence-corrected chi connectivity index (χ1v) is 11.4. The van der Waals surface area contributed by atoms with Gasteiger partial charge in [0, 0.05) is 12.2 Å². The summed E-state index contributed by atoms with van der Waals surface area (Å²) in [5.74, 6) is 0.235. The minimum absolute atomic E-state index is 0.236. The Morgan fingerprint density at radius 1 is 1.03 bits per heavy atom. The Morgan fingerprint density at radius 3 is 2.50 bits per heavy atom. The maximum absolute atomic E-state index is 11.3. The molecule has 0 aromatic heterocycles. The van der Waals surface area contributed by atoms with Crippen molar-refractivity contribution in [1.29, 1.82) is 0 Å². The molecule has 0 saturated carbocycles. The second-order valence-electron chi connectivity index (χ2n) is 7.06. The lowest BCUT2D eigenvalue weighted by Crippen LogP contribution is -2.06. The zero-order chi connectivity index (χ0) is 23.3. The molecule has 3 aromatic carbocycles. The van der Waals surface area contributed by atoms with Crippen molar-refractivity contribution in [1.82, 2.24) is 0 Å². The molecule has 0 aliphatic carbocycles. The normalized spacial score (nSPS) is 10.7. The van der Waals surface area contributed by atoms with Gasteiger partial charge < -0.3 is 19.9 Å². The van der Waals surface area contributed by atoms with Crippen LogP contribution in [0.5, 0.6) is 11.5 Å². The van der Waals surface area contributed by atoms with E-state index in [1.807, 2.05) is 32.0 Å². The lowest BCUT2D eigenvalue weighted by Gasteiger charge is -2.17. The van der Waals surface area contributed by atoms with E-state index >= 15 is 0 Å². The van der Waals surface area contributed by atoms with Crippen molar-refractivity contribution >= 4 is 50.8 Å². The molecule has 0 atom stereocenters. The highest BCUT2D eigenvalue weighted by atomic mass is 79.9. The second-order valence-corrected chi connectivity index (χ2v) is 8.73. The molecule has 0 radical (unpaired) electrons. The molecule has 0 heterocycles. The Bertz CT molecular complexity index is 1140. The Morgan fingerprint density at radius 2 is 1.81 bits per heavy atom. The zero-order valence-electron chi connectivity index (χ0n) is 17.5. The van der Waals surface area contributed by atoms with E-state index in [4.69, 9.17) is 32.7 Å². The predicted octanol–water partition coefficient (Wildman–Crippen LogP) is 7.35. The first-order valence-electron chi connectivity index (χ1n) is 9.88. The van der Waals surface area contributed by atoms with Crippen LogP contribution in [0.2, 0.25) is 10.0 Å². The number of nitrogens with one attached hydrogen (secondary N) is 1. The van der Waals surface area contributed by atoms with Crippen LogP contribution in [0.15, 0.2) is 53.0 Å². The number of halogens is 3. The van der Waals surface area contributed by atoms with Crippen LogP contribution in [0.25, 0.3) is 0 Å². The van der Waals surface area contributed by atoms with Gasteiger partial charge in [0.05, 0.1) is 26.7 Å². The van der Waals surface area contributed by atoms with Crippen molar-refractivity contribution in [3.63, 3.8) is 0 Å². The maximum Gasteiger partial charge on any atom is 0.335 e. The Labute approximate surface area is 205 Å². The van der Waals surface area contributed by atoms with Gasteiger partial charge in [-0.2, -0.15) is 0 Å². The molecule has 0 unspecified atom stereocenters. The summed E-state index contributed by atoms with van der Waals surface area (Å²) in [5, 5.41) is 13.5. The molecule has 0 spiro atoms. The van der Waals surface area contributed by atoms with E-state index in [0.29, 0.717) is 41.3 Å². The van der Waals surface area contributed by atoms with Crippen LogP contribution in [0, 0.1) is 6.92 Å². The van der Waals surface area contributed by atoms with Gasteiger partial charge in [0.25, 0.3) is 0 Å². The number of ether oxygens (including phenoxy) is 2. The summed E-state index contributed by atoms with van der Waals surface area (Å²) < 4.78 is 12.6. The molecule has 0 amide bonds.